The van der Waals surface area contributed by atoms with Crippen LogP contribution in [0.15, 0.2) is 84.9 Å². The molecule has 0 radical (unpaired) electrons. The molecule has 37 heavy (non-hydrogen) atoms. The lowest BCUT2D eigenvalue weighted by Gasteiger charge is -2.13. The number of fused-ring (bicyclic) bond motifs is 2. The summed E-state index contributed by atoms with van der Waals surface area (Å²) < 4.78 is 8.91. The van der Waals surface area contributed by atoms with E-state index in [2.05, 4.69) is 20.6 Å². The smallest absolute Gasteiger partial charge is 0.337 e. The summed E-state index contributed by atoms with van der Waals surface area (Å²) in [5, 5.41) is 36.0. The van der Waals surface area contributed by atoms with Crippen LogP contribution in [0.2, 0.25) is 0 Å². The number of hydrogen-bond acceptors (Lipinski definition) is 7. The monoisotopic (exact) mass is 492 g/mol. The molecule has 6 aromatic rings. The first kappa shape index (κ1) is 21.9. The van der Waals surface area contributed by atoms with Crippen LogP contribution in [0.25, 0.3) is 33.4 Å². The largest absolute Gasteiger partial charge is 0.478 e. The summed E-state index contributed by atoms with van der Waals surface area (Å²) in [4.78, 5) is 23.9. The van der Waals surface area contributed by atoms with E-state index in [1.165, 1.54) is 33.6 Å². The molecular formula is C26H16N6O5. The van der Waals surface area contributed by atoms with Gasteiger partial charge in [0, 0.05) is 12.1 Å². The summed E-state index contributed by atoms with van der Waals surface area (Å²) in [5.41, 5.74) is 3.05. The standard InChI is InChI=1S/C26H16N6O5/c33-25(34)17-11-9-15(13-23(17)31-21-7-3-1-5-19(21)27-29-31)37-16-10-12-18(26(35)36)24(14-16)32-22-8-4-2-6-20(22)28-30-32/h1-14H,(H,33,34)(H,35,36). The summed E-state index contributed by atoms with van der Waals surface area (Å²) in [5.74, 6) is -1.63. The average Bonchev–Trinajstić information content (AvgIpc) is 3.53. The molecule has 0 aliphatic heterocycles. The second kappa shape index (κ2) is 8.57. The Labute approximate surface area is 207 Å². The summed E-state index contributed by atoms with van der Waals surface area (Å²) in [6.07, 6.45) is 0. The molecule has 0 amide bonds. The molecule has 0 fully saturated rings. The molecular weight excluding hydrogens is 476 g/mol. The fourth-order valence-corrected chi connectivity index (χ4v) is 4.09. The number of benzene rings is 4. The van der Waals surface area contributed by atoms with Crippen LogP contribution in [0, 0.1) is 0 Å². The van der Waals surface area contributed by atoms with Crippen LogP contribution in [0.3, 0.4) is 0 Å². The molecule has 0 unspecified atom stereocenters. The first-order valence-corrected chi connectivity index (χ1v) is 11.0. The fourth-order valence-electron chi connectivity index (χ4n) is 4.09. The molecule has 2 heterocycles. The molecule has 11 heteroatoms. The van der Waals surface area contributed by atoms with Gasteiger partial charge in [0.05, 0.1) is 33.5 Å². The Morgan fingerprint density at radius 2 is 1.05 bits per heavy atom. The van der Waals surface area contributed by atoms with Gasteiger partial charge in [-0.3, -0.25) is 0 Å². The Bertz CT molecular complexity index is 1710. The highest BCUT2D eigenvalue weighted by atomic mass is 16.5. The predicted molar refractivity (Wildman–Crippen MR) is 132 cm³/mol. The molecule has 2 N–H and O–H groups in total. The third-order valence-corrected chi connectivity index (χ3v) is 5.79. The number of carbonyl (C=O) groups is 2. The highest BCUT2D eigenvalue weighted by molar-refractivity contribution is 5.94. The van der Waals surface area contributed by atoms with Gasteiger partial charge in [0.1, 0.15) is 22.5 Å². The normalized spacial score (nSPS) is 11.1. The second-order valence-corrected chi connectivity index (χ2v) is 8.05. The molecule has 180 valence electrons. The van der Waals surface area contributed by atoms with Crippen LogP contribution >= 0.6 is 0 Å². The summed E-state index contributed by atoms with van der Waals surface area (Å²) in [7, 11) is 0. The molecule has 0 atom stereocenters. The van der Waals surface area contributed by atoms with E-state index in [9.17, 15) is 19.8 Å². The van der Waals surface area contributed by atoms with Gasteiger partial charge in [-0.1, -0.05) is 34.7 Å². The summed E-state index contributed by atoms with van der Waals surface area (Å²) in [6, 6.07) is 23.3. The van der Waals surface area contributed by atoms with Crippen molar-refractivity contribution in [3.05, 3.63) is 96.1 Å². The number of rotatable bonds is 6. The van der Waals surface area contributed by atoms with Gasteiger partial charge >= 0.3 is 11.9 Å². The zero-order chi connectivity index (χ0) is 25.5. The van der Waals surface area contributed by atoms with Crippen LogP contribution in [-0.4, -0.2) is 52.1 Å². The Morgan fingerprint density at radius 1 is 0.622 bits per heavy atom. The Hall–Kier alpha value is -5.58. The van der Waals surface area contributed by atoms with Gasteiger partial charge in [-0.15, -0.1) is 10.2 Å². The lowest BCUT2D eigenvalue weighted by Crippen LogP contribution is -2.08. The van der Waals surface area contributed by atoms with Crippen molar-refractivity contribution < 1.29 is 24.5 Å². The molecule has 0 bridgehead atoms. The zero-order valence-corrected chi connectivity index (χ0v) is 18.9. The molecule has 2 aromatic heterocycles. The maximum Gasteiger partial charge on any atom is 0.337 e. The zero-order valence-electron chi connectivity index (χ0n) is 18.9. The van der Waals surface area contributed by atoms with E-state index < -0.39 is 11.9 Å². The Balaban J connectivity index is 1.44. The lowest BCUT2D eigenvalue weighted by molar-refractivity contribution is 0.0686. The van der Waals surface area contributed by atoms with Gasteiger partial charge in [0.25, 0.3) is 0 Å². The maximum absolute atomic E-state index is 11.9. The summed E-state index contributed by atoms with van der Waals surface area (Å²) >= 11 is 0. The van der Waals surface area contributed by atoms with Crippen molar-refractivity contribution >= 4 is 34.0 Å². The van der Waals surface area contributed by atoms with Crippen LogP contribution in [0.5, 0.6) is 11.5 Å². The third kappa shape index (κ3) is 3.80. The predicted octanol–water partition coefficient (Wildman–Crippen LogP) is 4.34. The van der Waals surface area contributed by atoms with Gasteiger partial charge in [-0.2, -0.15) is 0 Å². The topological polar surface area (TPSA) is 145 Å². The highest BCUT2D eigenvalue weighted by Crippen LogP contribution is 2.31. The molecule has 0 aliphatic carbocycles. The van der Waals surface area contributed by atoms with E-state index in [1.54, 1.807) is 36.4 Å². The number of hydrogen-bond donors (Lipinski definition) is 2. The van der Waals surface area contributed by atoms with Gasteiger partial charge in [0.15, 0.2) is 0 Å². The van der Waals surface area contributed by atoms with E-state index in [-0.39, 0.29) is 22.5 Å². The van der Waals surface area contributed by atoms with E-state index in [0.29, 0.717) is 33.6 Å². The first-order valence-electron chi connectivity index (χ1n) is 11.0. The van der Waals surface area contributed by atoms with E-state index in [0.717, 1.165) is 0 Å². The number of aromatic carboxylic acids is 2. The van der Waals surface area contributed by atoms with Gasteiger partial charge in [-0.05, 0) is 48.5 Å². The fraction of sp³-hybridized carbons (Fsp3) is 0. The number of para-hydroxylation sites is 2. The van der Waals surface area contributed by atoms with Crippen molar-refractivity contribution in [1.29, 1.82) is 0 Å². The van der Waals surface area contributed by atoms with Crippen LogP contribution in [-0.2, 0) is 0 Å². The lowest BCUT2D eigenvalue weighted by atomic mass is 10.1. The Kier molecular flexibility index (Phi) is 5.08. The van der Waals surface area contributed by atoms with Crippen molar-refractivity contribution in [3.63, 3.8) is 0 Å². The number of carboxylic acids is 2. The quantitative estimate of drug-likeness (QED) is 0.347. The molecule has 0 spiro atoms. The minimum Gasteiger partial charge on any atom is -0.478 e. The highest BCUT2D eigenvalue weighted by Gasteiger charge is 2.19. The van der Waals surface area contributed by atoms with Crippen molar-refractivity contribution in [2.45, 2.75) is 0 Å². The van der Waals surface area contributed by atoms with Gasteiger partial charge < -0.3 is 14.9 Å². The molecule has 11 nitrogen and oxygen atoms in total. The number of nitrogens with zero attached hydrogens (tertiary/aromatic N) is 6. The van der Waals surface area contributed by atoms with E-state index >= 15 is 0 Å². The minimum absolute atomic E-state index is 0.0130. The van der Waals surface area contributed by atoms with Crippen molar-refractivity contribution in [2.24, 2.45) is 0 Å². The van der Waals surface area contributed by atoms with Crippen molar-refractivity contribution in [2.75, 3.05) is 0 Å². The molecule has 6 rings (SSSR count). The number of ether oxygens (including phenoxy) is 1. The molecule has 0 saturated carbocycles. The SMILES string of the molecule is O=C(O)c1ccc(Oc2ccc(C(=O)O)c(-n3nnc4ccccc43)c2)cc1-n1nnc2ccccc21. The van der Waals surface area contributed by atoms with Gasteiger partial charge in [-0.25, -0.2) is 19.0 Å². The first-order chi connectivity index (χ1) is 18.0. The van der Waals surface area contributed by atoms with E-state index in [1.807, 2.05) is 24.3 Å². The molecule has 4 aromatic carbocycles. The maximum atomic E-state index is 11.9. The average molecular weight is 492 g/mol. The second-order valence-electron chi connectivity index (χ2n) is 8.05. The number of carboxylic acid groups (broad SMARTS) is 2. The van der Waals surface area contributed by atoms with E-state index in [4.69, 9.17) is 4.74 Å². The minimum atomic E-state index is -1.13. The van der Waals surface area contributed by atoms with Crippen molar-refractivity contribution in [1.82, 2.24) is 30.0 Å². The molecule has 0 aliphatic rings. The van der Waals surface area contributed by atoms with Gasteiger partial charge in [0.2, 0.25) is 0 Å². The summed E-state index contributed by atoms with van der Waals surface area (Å²) in [6.45, 7) is 0. The number of aromatic nitrogens is 6. The third-order valence-electron chi connectivity index (χ3n) is 5.79. The molecule has 0 saturated heterocycles. The van der Waals surface area contributed by atoms with Crippen LogP contribution < -0.4 is 4.74 Å². The van der Waals surface area contributed by atoms with Crippen LogP contribution in [0.4, 0.5) is 0 Å². The van der Waals surface area contributed by atoms with Crippen molar-refractivity contribution in [3.8, 4) is 22.9 Å². The Morgan fingerprint density at radius 3 is 1.49 bits per heavy atom. The van der Waals surface area contributed by atoms with Crippen LogP contribution in [0.1, 0.15) is 20.7 Å².